The average Bonchev–Trinajstić information content (AvgIpc) is 2.48. The van der Waals surface area contributed by atoms with Gasteiger partial charge in [-0.1, -0.05) is 0 Å². The molecule has 1 heterocycles. The molecule has 1 aromatic heterocycles. The van der Waals surface area contributed by atoms with E-state index in [1.165, 1.54) is 0 Å². The number of carbonyl (C=O) groups is 1. The van der Waals surface area contributed by atoms with E-state index in [2.05, 4.69) is 23.4 Å². The second-order valence-electron chi connectivity index (χ2n) is 3.05. The monoisotopic (exact) mass is 166 g/mol. The molecule has 0 fully saturated rings. The SMILES string of the molecule is CC(C)n1ccnc1CCC=O. The highest BCUT2D eigenvalue weighted by Crippen LogP contribution is 2.08. The number of hydrogen-bond acceptors (Lipinski definition) is 2. The van der Waals surface area contributed by atoms with E-state index >= 15 is 0 Å². The van der Waals surface area contributed by atoms with Crippen molar-refractivity contribution < 1.29 is 4.79 Å². The van der Waals surface area contributed by atoms with Crippen LogP contribution in [0, 0.1) is 0 Å². The molecule has 3 heteroatoms. The van der Waals surface area contributed by atoms with Crippen LogP contribution in [0.5, 0.6) is 0 Å². The zero-order chi connectivity index (χ0) is 8.97. The van der Waals surface area contributed by atoms with Crippen LogP contribution >= 0.6 is 0 Å². The Labute approximate surface area is 72.4 Å². The average molecular weight is 166 g/mol. The lowest BCUT2D eigenvalue weighted by atomic mass is 10.3. The minimum Gasteiger partial charge on any atom is -0.332 e. The van der Waals surface area contributed by atoms with Crippen LogP contribution in [-0.2, 0) is 11.2 Å². The summed E-state index contributed by atoms with van der Waals surface area (Å²) in [5.74, 6) is 0.997. The van der Waals surface area contributed by atoms with Gasteiger partial charge < -0.3 is 9.36 Å². The van der Waals surface area contributed by atoms with E-state index in [1.54, 1.807) is 6.20 Å². The lowest BCUT2D eigenvalue weighted by molar-refractivity contribution is -0.107. The Morgan fingerprint density at radius 1 is 1.67 bits per heavy atom. The molecule has 0 bridgehead atoms. The normalized spacial score (nSPS) is 10.6. The van der Waals surface area contributed by atoms with Gasteiger partial charge in [0.2, 0.25) is 0 Å². The van der Waals surface area contributed by atoms with Gasteiger partial charge in [0.25, 0.3) is 0 Å². The minimum absolute atomic E-state index is 0.425. The number of aldehydes is 1. The lowest BCUT2D eigenvalue weighted by Gasteiger charge is -2.09. The lowest BCUT2D eigenvalue weighted by Crippen LogP contribution is -2.05. The van der Waals surface area contributed by atoms with Crippen LogP contribution in [0.25, 0.3) is 0 Å². The second-order valence-corrected chi connectivity index (χ2v) is 3.05. The molecule has 0 aliphatic heterocycles. The first-order valence-electron chi connectivity index (χ1n) is 4.21. The maximum absolute atomic E-state index is 10.1. The van der Waals surface area contributed by atoms with Crippen molar-refractivity contribution in [3.63, 3.8) is 0 Å². The molecule has 3 nitrogen and oxygen atoms in total. The van der Waals surface area contributed by atoms with E-state index in [4.69, 9.17) is 0 Å². The van der Waals surface area contributed by atoms with Gasteiger partial charge in [-0.05, 0) is 13.8 Å². The predicted molar refractivity (Wildman–Crippen MR) is 47.0 cm³/mol. The van der Waals surface area contributed by atoms with E-state index in [-0.39, 0.29) is 0 Å². The molecule has 0 saturated carbocycles. The molecule has 1 aromatic rings. The highest BCUT2D eigenvalue weighted by Gasteiger charge is 2.04. The standard InChI is InChI=1S/C9H14N2O/c1-8(2)11-6-5-10-9(11)4-3-7-12/h5-8H,3-4H2,1-2H3. The third-order valence-electron chi connectivity index (χ3n) is 1.79. The van der Waals surface area contributed by atoms with Gasteiger partial charge in [0.15, 0.2) is 0 Å². The Morgan fingerprint density at radius 2 is 2.42 bits per heavy atom. The van der Waals surface area contributed by atoms with E-state index < -0.39 is 0 Å². The molecule has 0 aliphatic rings. The molecule has 66 valence electrons. The zero-order valence-electron chi connectivity index (χ0n) is 7.53. The third-order valence-corrected chi connectivity index (χ3v) is 1.79. The molecule has 0 N–H and O–H groups in total. The summed E-state index contributed by atoms with van der Waals surface area (Å²) in [6.45, 7) is 4.21. The van der Waals surface area contributed by atoms with E-state index in [1.807, 2.05) is 6.20 Å². The maximum atomic E-state index is 10.1. The molecule has 0 saturated heterocycles. The molecule has 12 heavy (non-hydrogen) atoms. The smallest absolute Gasteiger partial charge is 0.120 e. The van der Waals surface area contributed by atoms with Gasteiger partial charge in [-0.15, -0.1) is 0 Å². The number of imidazole rings is 1. The van der Waals surface area contributed by atoms with Crippen molar-refractivity contribution in [1.29, 1.82) is 0 Å². The molecule has 0 aliphatic carbocycles. The van der Waals surface area contributed by atoms with Crippen molar-refractivity contribution in [2.75, 3.05) is 0 Å². The maximum Gasteiger partial charge on any atom is 0.120 e. The van der Waals surface area contributed by atoms with Crippen LogP contribution in [0.15, 0.2) is 12.4 Å². The first-order valence-corrected chi connectivity index (χ1v) is 4.21. The number of aryl methyl sites for hydroxylation is 1. The van der Waals surface area contributed by atoms with E-state index in [0.717, 1.165) is 18.5 Å². The summed E-state index contributed by atoms with van der Waals surface area (Å²) in [5, 5.41) is 0. The molecule has 0 spiro atoms. The minimum atomic E-state index is 0.425. The summed E-state index contributed by atoms with van der Waals surface area (Å²) in [7, 11) is 0. The summed E-state index contributed by atoms with van der Waals surface area (Å²) in [5.41, 5.74) is 0. The Hall–Kier alpha value is -1.12. The number of rotatable bonds is 4. The fourth-order valence-corrected chi connectivity index (χ4v) is 1.20. The Bertz CT molecular complexity index is 253. The zero-order valence-corrected chi connectivity index (χ0v) is 7.53. The van der Waals surface area contributed by atoms with Gasteiger partial charge >= 0.3 is 0 Å². The topological polar surface area (TPSA) is 34.9 Å². The van der Waals surface area contributed by atoms with Gasteiger partial charge in [0.05, 0.1) is 0 Å². The molecule has 1 rings (SSSR count). The number of aromatic nitrogens is 2. The van der Waals surface area contributed by atoms with Crippen molar-refractivity contribution in [2.45, 2.75) is 32.7 Å². The Balaban J connectivity index is 2.70. The summed E-state index contributed by atoms with van der Waals surface area (Å²) < 4.78 is 2.09. The fourth-order valence-electron chi connectivity index (χ4n) is 1.20. The van der Waals surface area contributed by atoms with Crippen LogP contribution in [0.2, 0.25) is 0 Å². The molecular weight excluding hydrogens is 152 g/mol. The van der Waals surface area contributed by atoms with Gasteiger partial charge in [-0.25, -0.2) is 4.98 Å². The Kier molecular flexibility index (Phi) is 3.02. The number of carbonyl (C=O) groups excluding carboxylic acids is 1. The third kappa shape index (κ3) is 1.94. The van der Waals surface area contributed by atoms with Gasteiger partial charge in [-0.3, -0.25) is 0 Å². The number of nitrogens with zero attached hydrogens (tertiary/aromatic N) is 2. The molecule has 0 radical (unpaired) electrons. The summed E-state index contributed by atoms with van der Waals surface area (Å²) in [4.78, 5) is 14.3. The van der Waals surface area contributed by atoms with Crippen molar-refractivity contribution in [2.24, 2.45) is 0 Å². The van der Waals surface area contributed by atoms with Crippen LogP contribution in [-0.4, -0.2) is 15.8 Å². The van der Waals surface area contributed by atoms with E-state index in [0.29, 0.717) is 12.5 Å². The summed E-state index contributed by atoms with van der Waals surface area (Å²) in [6.07, 6.45) is 5.96. The van der Waals surface area contributed by atoms with Crippen molar-refractivity contribution in [3.8, 4) is 0 Å². The summed E-state index contributed by atoms with van der Waals surface area (Å²) >= 11 is 0. The van der Waals surface area contributed by atoms with Gasteiger partial charge in [-0.2, -0.15) is 0 Å². The first kappa shape index (κ1) is 8.97. The predicted octanol–water partition coefficient (Wildman–Crippen LogP) is 1.60. The molecule has 0 unspecified atom stereocenters. The van der Waals surface area contributed by atoms with E-state index in [9.17, 15) is 4.79 Å². The highest BCUT2D eigenvalue weighted by molar-refractivity contribution is 5.49. The number of hydrogen-bond donors (Lipinski definition) is 0. The van der Waals surface area contributed by atoms with Crippen LogP contribution in [0.3, 0.4) is 0 Å². The fraction of sp³-hybridized carbons (Fsp3) is 0.556. The van der Waals surface area contributed by atoms with Crippen molar-refractivity contribution in [1.82, 2.24) is 9.55 Å². The van der Waals surface area contributed by atoms with Crippen molar-refractivity contribution in [3.05, 3.63) is 18.2 Å². The van der Waals surface area contributed by atoms with Crippen LogP contribution in [0.4, 0.5) is 0 Å². The van der Waals surface area contributed by atoms with Crippen LogP contribution < -0.4 is 0 Å². The Morgan fingerprint density at radius 3 is 3.00 bits per heavy atom. The van der Waals surface area contributed by atoms with Gasteiger partial charge in [0, 0.05) is 31.3 Å². The largest absolute Gasteiger partial charge is 0.332 e. The molecular formula is C9H14N2O. The van der Waals surface area contributed by atoms with Crippen LogP contribution in [0.1, 0.15) is 32.1 Å². The molecule has 0 atom stereocenters. The first-order chi connectivity index (χ1) is 5.75. The second kappa shape index (κ2) is 4.04. The summed E-state index contributed by atoms with van der Waals surface area (Å²) in [6, 6.07) is 0.425. The highest BCUT2D eigenvalue weighted by atomic mass is 16.1. The molecule has 0 amide bonds. The van der Waals surface area contributed by atoms with Gasteiger partial charge in [0.1, 0.15) is 12.1 Å². The quantitative estimate of drug-likeness (QED) is 0.637. The molecule has 0 aromatic carbocycles. The van der Waals surface area contributed by atoms with Crippen molar-refractivity contribution >= 4 is 6.29 Å².